The van der Waals surface area contributed by atoms with Crippen molar-refractivity contribution in [2.75, 3.05) is 38.2 Å². The van der Waals surface area contributed by atoms with E-state index in [1.807, 2.05) is 20.8 Å². The zero-order valence-electron chi connectivity index (χ0n) is 31.8. The quantitative estimate of drug-likeness (QED) is 0.0915. The number of benzene rings is 1. The molecule has 0 bridgehead atoms. The third-order valence-electron chi connectivity index (χ3n) is 8.55. The summed E-state index contributed by atoms with van der Waals surface area (Å²) in [4.78, 5) is 88.8. The van der Waals surface area contributed by atoms with Gasteiger partial charge in [-0.15, -0.1) is 0 Å². The predicted molar refractivity (Wildman–Crippen MR) is 192 cm³/mol. The third-order valence-corrected chi connectivity index (χ3v) is 8.55. The number of urea groups is 1. The average molecular weight is 732 g/mol. The molecule has 2 rings (SSSR count). The summed E-state index contributed by atoms with van der Waals surface area (Å²) in [6.45, 7) is 14.9. The number of carbonyl (C=O) groups excluding carboxylic acids is 7. The summed E-state index contributed by atoms with van der Waals surface area (Å²) < 4.78 is 16.0. The van der Waals surface area contributed by atoms with E-state index in [9.17, 15) is 33.6 Å². The minimum absolute atomic E-state index is 0.0112. The number of esters is 1. The van der Waals surface area contributed by atoms with Crippen LogP contribution in [0.1, 0.15) is 86.6 Å². The number of nitrogens with one attached hydrogen (secondary N) is 3. The molecule has 1 aliphatic rings. The Kier molecular flexibility index (Phi) is 16.7. The summed E-state index contributed by atoms with van der Waals surface area (Å²) in [5.41, 5.74) is 5.40. The van der Waals surface area contributed by atoms with Crippen molar-refractivity contribution in [3.63, 3.8) is 0 Å². The van der Waals surface area contributed by atoms with Crippen LogP contribution in [0.4, 0.5) is 15.3 Å². The second-order valence-corrected chi connectivity index (χ2v) is 15.4. The molecule has 52 heavy (non-hydrogen) atoms. The van der Waals surface area contributed by atoms with E-state index in [0.29, 0.717) is 12.1 Å². The lowest BCUT2D eigenvalue weighted by molar-refractivity contribution is -0.154. The minimum atomic E-state index is -0.953. The molecule has 1 fully saturated rings. The first-order valence-corrected chi connectivity index (χ1v) is 17.7. The Bertz CT molecular complexity index is 1420. The maximum atomic E-state index is 13.5. The zero-order valence-corrected chi connectivity index (χ0v) is 31.8. The molecule has 1 saturated heterocycles. The monoisotopic (exact) mass is 731 g/mol. The molecule has 0 radical (unpaired) electrons. The maximum Gasteiger partial charge on any atom is 0.407 e. The van der Waals surface area contributed by atoms with Gasteiger partial charge in [0, 0.05) is 31.0 Å². The summed E-state index contributed by atoms with van der Waals surface area (Å²) in [7, 11) is 0. The summed E-state index contributed by atoms with van der Waals surface area (Å²) in [6, 6.07) is 5.11. The number of ether oxygens (including phenoxy) is 3. The largest absolute Gasteiger partial charge is 0.460 e. The van der Waals surface area contributed by atoms with Gasteiger partial charge in [-0.1, -0.05) is 46.8 Å². The van der Waals surface area contributed by atoms with Crippen molar-refractivity contribution in [2.24, 2.45) is 34.3 Å². The molecule has 290 valence electrons. The van der Waals surface area contributed by atoms with Gasteiger partial charge in [0.1, 0.15) is 13.2 Å². The smallest absolute Gasteiger partial charge is 0.407 e. The Hall–Kier alpha value is -4.53. The van der Waals surface area contributed by atoms with Gasteiger partial charge in [0.2, 0.25) is 17.7 Å². The normalized spacial score (nSPS) is 15.9. The summed E-state index contributed by atoms with van der Waals surface area (Å²) >= 11 is 0. The van der Waals surface area contributed by atoms with Crippen molar-refractivity contribution in [2.45, 2.75) is 93.7 Å². The van der Waals surface area contributed by atoms with Gasteiger partial charge in [-0.25, -0.2) is 9.59 Å². The van der Waals surface area contributed by atoms with Gasteiger partial charge in [-0.05, 0) is 62.6 Å². The number of nitrogens with zero attached hydrogens (tertiary/aromatic N) is 1. The molecule has 0 aromatic heterocycles. The number of alkyl carbamates (subject to hydrolysis) is 1. The van der Waals surface area contributed by atoms with Crippen molar-refractivity contribution in [3.05, 3.63) is 29.8 Å². The van der Waals surface area contributed by atoms with E-state index >= 15 is 0 Å². The number of primary amides is 1. The van der Waals surface area contributed by atoms with Crippen LogP contribution in [0.3, 0.4) is 0 Å². The summed E-state index contributed by atoms with van der Waals surface area (Å²) in [6.07, 6.45) is -0.248. The number of rotatable bonds is 19. The van der Waals surface area contributed by atoms with Crippen LogP contribution in [0.25, 0.3) is 0 Å². The maximum absolute atomic E-state index is 13.5. The number of hydrogen-bond donors (Lipinski definition) is 4. The fourth-order valence-corrected chi connectivity index (χ4v) is 5.38. The van der Waals surface area contributed by atoms with Gasteiger partial charge in [-0.3, -0.25) is 28.9 Å². The van der Waals surface area contributed by atoms with Crippen LogP contribution in [0.5, 0.6) is 0 Å². The molecule has 1 aromatic carbocycles. The number of imide groups is 1. The first-order chi connectivity index (χ1) is 24.2. The van der Waals surface area contributed by atoms with Gasteiger partial charge < -0.3 is 35.9 Å². The van der Waals surface area contributed by atoms with E-state index in [2.05, 4.69) is 16.0 Å². The fourth-order valence-electron chi connectivity index (χ4n) is 5.38. The lowest BCUT2D eigenvalue weighted by Crippen LogP contribution is -2.46. The van der Waals surface area contributed by atoms with Crippen molar-refractivity contribution in [1.29, 1.82) is 0 Å². The Morgan fingerprint density at radius 2 is 1.60 bits per heavy atom. The molecule has 3 atom stereocenters. The Balaban J connectivity index is 1.91. The second kappa shape index (κ2) is 19.9. The highest BCUT2D eigenvalue weighted by molar-refractivity contribution is 6.04. The first kappa shape index (κ1) is 43.6. The van der Waals surface area contributed by atoms with Gasteiger partial charge in [-0.2, -0.15) is 0 Å². The van der Waals surface area contributed by atoms with Crippen LogP contribution in [-0.4, -0.2) is 85.5 Å². The topological polar surface area (TPSA) is 213 Å². The number of Topliss-reactive ketones (excluding diaryl/α,β-unsaturated/α-hetero) is 1. The Morgan fingerprint density at radius 3 is 2.15 bits per heavy atom. The Labute approximate surface area is 306 Å². The molecule has 15 heteroatoms. The standard InChI is InChI=1S/C37H57N5O10/c1-23(2)30(41-35(49)51-19-18-50-17-16-42-29(44)21-27(32(42)46)36(3,4)5)28(43)20-25(10-9-15-39-34(38)48)31(45)40-26-13-11-24(12-14-26)22-52-33(47)37(6,7)8/h11-14,23,25,27,30H,9-10,15-22H2,1-8H3,(H,40,45)(H,41,49)(H3,38,39,48)/t25-,27?,30+/m1/s1. The molecule has 15 nitrogen and oxygen atoms in total. The van der Waals surface area contributed by atoms with E-state index in [1.54, 1.807) is 58.9 Å². The number of carbonyl (C=O) groups is 7. The summed E-state index contributed by atoms with van der Waals surface area (Å²) in [5.74, 6) is -3.08. The van der Waals surface area contributed by atoms with Gasteiger partial charge in [0.25, 0.3) is 0 Å². The van der Waals surface area contributed by atoms with Crippen molar-refractivity contribution >= 4 is 47.3 Å². The van der Waals surface area contributed by atoms with Crippen LogP contribution in [0, 0.1) is 28.6 Å². The number of anilines is 1. The van der Waals surface area contributed by atoms with Crippen LogP contribution in [0.15, 0.2) is 24.3 Å². The number of amides is 6. The molecule has 5 N–H and O–H groups in total. The van der Waals surface area contributed by atoms with Gasteiger partial charge in [0.15, 0.2) is 5.78 Å². The van der Waals surface area contributed by atoms with E-state index in [1.165, 1.54) is 4.90 Å². The average Bonchev–Trinajstić information content (AvgIpc) is 3.34. The lowest BCUT2D eigenvalue weighted by Gasteiger charge is -2.24. The highest BCUT2D eigenvalue weighted by Gasteiger charge is 2.44. The zero-order chi connectivity index (χ0) is 39.2. The van der Waals surface area contributed by atoms with Crippen molar-refractivity contribution in [1.82, 2.24) is 15.5 Å². The number of hydrogen-bond acceptors (Lipinski definition) is 10. The van der Waals surface area contributed by atoms with Gasteiger partial charge in [0.05, 0.1) is 37.1 Å². The van der Waals surface area contributed by atoms with Crippen molar-refractivity contribution in [3.8, 4) is 0 Å². The molecule has 0 aliphatic carbocycles. The van der Waals surface area contributed by atoms with E-state index in [-0.39, 0.29) is 99.6 Å². The molecule has 0 spiro atoms. The van der Waals surface area contributed by atoms with E-state index in [0.717, 1.165) is 5.56 Å². The number of ketones is 1. The SMILES string of the molecule is CC(C)[C@H](NC(=O)OCCOCCN1C(=O)CC(C(C)(C)C)C1=O)C(=O)C[C@@H](CCCNC(N)=O)C(=O)Nc1ccc(COC(=O)C(C)(C)C)cc1. The molecule has 1 aliphatic heterocycles. The Morgan fingerprint density at radius 1 is 0.942 bits per heavy atom. The highest BCUT2D eigenvalue weighted by Crippen LogP contribution is 2.35. The number of nitrogens with two attached hydrogens (primary N) is 1. The third kappa shape index (κ3) is 14.6. The van der Waals surface area contributed by atoms with E-state index in [4.69, 9.17) is 19.9 Å². The molecular formula is C37H57N5O10. The first-order valence-electron chi connectivity index (χ1n) is 17.7. The minimum Gasteiger partial charge on any atom is -0.460 e. The van der Waals surface area contributed by atoms with Crippen LogP contribution in [0.2, 0.25) is 0 Å². The molecule has 1 heterocycles. The highest BCUT2D eigenvalue weighted by atomic mass is 16.6. The molecule has 1 aromatic rings. The molecule has 1 unspecified atom stereocenters. The lowest BCUT2D eigenvalue weighted by atomic mass is 9.80. The second-order valence-electron chi connectivity index (χ2n) is 15.4. The fraction of sp³-hybridized carbons (Fsp3) is 0.649. The van der Waals surface area contributed by atoms with Crippen molar-refractivity contribution < 1.29 is 47.8 Å². The van der Waals surface area contributed by atoms with Crippen LogP contribution >= 0.6 is 0 Å². The van der Waals surface area contributed by atoms with Gasteiger partial charge >= 0.3 is 18.1 Å². The molecule has 0 saturated carbocycles. The number of likely N-dealkylation sites (tertiary alicyclic amines) is 1. The molecular weight excluding hydrogens is 674 g/mol. The predicted octanol–water partition coefficient (Wildman–Crippen LogP) is 3.93. The van der Waals surface area contributed by atoms with Crippen LogP contribution < -0.4 is 21.7 Å². The molecule has 6 amide bonds. The summed E-state index contributed by atoms with van der Waals surface area (Å²) in [5, 5.41) is 7.88. The van der Waals surface area contributed by atoms with Crippen LogP contribution in [-0.2, 0) is 44.8 Å². The van der Waals surface area contributed by atoms with E-state index < -0.39 is 35.4 Å².